The topological polar surface area (TPSA) is 92.4 Å². The quantitative estimate of drug-likeness (QED) is 0.892. The van der Waals surface area contributed by atoms with E-state index < -0.39 is 5.91 Å². The van der Waals surface area contributed by atoms with Crippen molar-refractivity contribution in [1.29, 1.82) is 0 Å². The summed E-state index contributed by atoms with van der Waals surface area (Å²) in [4.78, 5) is 35.9. The predicted molar refractivity (Wildman–Crippen MR) is 92.6 cm³/mol. The van der Waals surface area contributed by atoms with Crippen molar-refractivity contribution >= 4 is 39.9 Å². The summed E-state index contributed by atoms with van der Waals surface area (Å²) in [6, 6.07) is 3.29. The normalized spacial score (nSPS) is 15.2. The number of carbonyl (C=O) groups is 2. The highest BCUT2D eigenvalue weighted by Crippen LogP contribution is 2.22. The first kappa shape index (κ1) is 16.7. The van der Waals surface area contributed by atoms with Crippen LogP contribution in [0.4, 0.5) is 5.13 Å². The van der Waals surface area contributed by atoms with Gasteiger partial charge in [-0.3, -0.25) is 9.59 Å². The number of nitrogens with two attached hydrogens (primary N) is 1. The number of thiazole rings is 1. The minimum Gasteiger partial charge on any atom is -0.364 e. The maximum absolute atomic E-state index is 12.5. The van der Waals surface area contributed by atoms with E-state index in [1.165, 1.54) is 17.5 Å². The fourth-order valence-electron chi connectivity index (χ4n) is 2.50. The number of rotatable bonds is 3. The molecule has 0 radical (unpaired) electrons. The second-order valence-electron chi connectivity index (χ2n) is 5.37. The molecule has 7 nitrogen and oxygen atoms in total. The highest BCUT2D eigenvalue weighted by atomic mass is 35.5. The molecule has 3 rings (SSSR count). The van der Waals surface area contributed by atoms with E-state index in [2.05, 4.69) is 14.9 Å². The lowest BCUT2D eigenvalue weighted by Crippen LogP contribution is -2.35. The molecule has 1 saturated heterocycles. The van der Waals surface area contributed by atoms with E-state index >= 15 is 0 Å². The van der Waals surface area contributed by atoms with Gasteiger partial charge < -0.3 is 15.5 Å². The molecular formula is C15H16ClN5O2S. The Kier molecular flexibility index (Phi) is 4.96. The molecule has 1 fully saturated rings. The summed E-state index contributed by atoms with van der Waals surface area (Å²) in [7, 11) is 0. The summed E-state index contributed by atoms with van der Waals surface area (Å²) in [6.45, 7) is 2.62. The van der Waals surface area contributed by atoms with Crippen LogP contribution in [-0.4, -0.2) is 52.9 Å². The number of anilines is 1. The molecule has 2 aromatic rings. The van der Waals surface area contributed by atoms with Gasteiger partial charge in [-0.25, -0.2) is 9.97 Å². The van der Waals surface area contributed by atoms with Crippen LogP contribution in [0, 0.1) is 0 Å². The number of carbonyl (C=O) groups excluding carboxylic acids is 2. The standard InChI is InChI=1S/C15H16ClN5O2S/c16-10-2-3-11(18-8-10)14(23)20-4-1-5-21(7-6-20)15-19-12(9-24-15)13(17)22/h2-3,8-9H,1,4-7H2,(H2,17,22). The van der Waals surface area contributed by atoms with Gasteiger partial charge in [0.05, 0.1) is 5.02 Å². The number of primary amides is 1. The summed E-state index contributed by atoms with van der Waals surface area (Å²) in [5.74, 6) is -0.636. The second kappa shape index (κ2) is 7.14. The molecular weight excluding hydrogens is 350 g/mol. The van der Waals surface area contributed by atoms with Crippen molar-refractivity contribution < 1.29 is 9.59 Å². The van der Waals surface area contributed by atoms with Gasteiger partial charge >= 0.3 is 0 Å². The number of pyridine rings is 1. The average Bonchev–Trinajstić information content (AvgIpc) is 2.94. The Labute approximate surface area is 148 Å². The van der Waals surface area contributed by atoms with Crippen LogP contribution in [0.3, 0.4) is 0 Å². The summed E-state index contributed by atoms with van der Waals surface area (Å²) in [6.07, 6.45) is 2.28. The van der Waals surface area contributed by atoms with Crippen molar-refractivity contribution in [2.45, 2.75) is 6.42 Å². The van der Waals surface area contributed by atoms with Gasteiger partial charge in [0.15, 0.2) is 5.13 Å². The molecule has 9 heteroatoms. The Bertz CT molecular complexity index is 749. The van der Waals surface area contributed by atoms with E-state index in [4.69, 9.17) is 17.3 Å². The van der Waals surface area contributed by atoms with Gasteiger partial charge in [-0.05, 0) is 18.6 Å². The lowest BCUT2D eigenvalue weighted by molar-refractivity contribution is 0.0761. The Balaban J connectivity index is 1.67. The monoisotopic (exact) mass is 365 g/mol. The molecule has 0 aromatic carbocycles. The lowest BCUT2D eigenvalue weighted by Gasteiger charge is -2.21. The van der Waals surface area contributed by atoms with Crippen LogP contribution in [0.25, 0.3) is 0 Å². The zero-order chi connectivity index (χ0) is 17.1. The Morgan fingerprint density at radius 2 is 2.00 bits per heavy atom. The predicted octanol–water partition coefficient (Wildman–Crippen LogP) is 1.64. The van der Waals surface area contributed by atoms with Crippen LogP contribution in [0.15, 0.2) is 23.7 Å². The molecule has 2 N–H and O–H groups in total. The zero-order valence-corrected chi connectivity index (χ0v) is 14.4. The van der Waals surface area contributed by atoms with Crippen molar-refractivity contribution in [3.05, 3.63) is 40.1 Å². The van der Waals surface area contributed by atoms with Gasteiger partial charge in [-0.15, -0.1) is 11.3 Å². The van der Waals surface area contributed by atoms with Crippen molar-refractivity contribution in [3.63, 3.8) is 0 Å². The molecule has 0 aliphatic carbocycles. The molecule has 2 amide bonds. The minimum absolute atomic E-state index is 0.106. The number of nitrogens with zero attached hydrogens (tertiary/aromatic N) is 4. The molecule has 0 bridgehead atoms. The number of hydrogen-bond acceptors (Lipinski definition) is 6. The van der Waals surface area contributed by atoms with E-state index in [1.807, 2.05) is 0 Å². The molecule has 3 heterocycles. The van der Waals surface area contributed by atoms with Crippen LogP contribution in [-0.2, 0) is 0 Å². The first-order valence-electron chi connectivity index (χ1n) is 7.45. The largest absolute Gasteiger partial charge is 0.364 e. The summed E-state index contributed by atoms with van der Waals surface area (Å²) < 4.78 is 0. The van der Waals surface area contributed by atoms with E-state index in [0.29, 0.717) is 30.4 Å². The first-order chi connectivity index (χ1) is 11.5. The van der Waals surface area contributed by atoms with Crippen molar-refractivity contribution in [2.24, 2.45) is 5.73 Å². The van der Waals surface area contributed by atoms with Crippen molar-refractivity contribution in [2.75, 3.05) is 31.1 Å². The molecule has 0 unspecified atom stereocenters. The number of hydrogen-bond donors (Lipinski definition) is 1. The summed E-state index contributed by atoms with van der Waals surface area (Å²) >= 11 is 7.19. The van der Waals surface area contributed by atoms with Gasteiger partial charge in [0, 0.05) is 37.8 Å². The molecule has 126 valence electrons. The van der Waals surface area contributed by atoms with Crippen LogP contribution in [0.2, 0.25) is 5.02 Å². The minimum atomic E-state index is -0.530. The van der Waals surface area contributed by atoms with Crippen molar-refractivity contribution in [1.82, 2.24) is 14.9 Å². The molecule has 1 aliphatic rings. The SMILES string of the molecule is NC(=O)c1csc(N2CCCN(C(=O)c3ccc(Cl)cn3)CC2)n1. The fourth-order valence-corrected chi connectivity index (χ4v) is 3.48. The first-order valence-corrected chi connectivity index (χ1v) is 8.71. The van der Waals surface area contributed by atoms with Gasteiger partial charge in [0.25, 0.3) is 11.8 Å². The Morgan fingerprint density at radius 1 is 1.17 bits per heavy atom. The van der Waals surface area contributed by atoms with Gasteiger partial charge in [0.2, 0.25) is 0 Å². The number of aromatic nitrogens is 2. The van der Waals surface area contributed by atoms with Gasteiger partial charge in [0.1, 0.15) is 11.4 Å². The maximum Gasteiger partial charge on any atom is 0.272 e. The van der Waals surface area contributed by atoms with Crippen LogP contribution < -0.4 is 10.6 Å². The smallest absolute Gasteiger partial charge is 0.272 e. The third-order valence-electron chi connectivity index (χ3n) is 3.74. The molecule has 24 heavy (non-hydrogen) atoms. The number of halogens is 1. The average molecular weight is 366 g/mol. The summed E-state index contributed by atoms with van der Waals surface area (Å²) in [5.41, 5.74) is 5.90. The fraction of sp³-hybridized carbons (Fsp3) is 0.333. The highest BCUT2D eigenvalue weighted by Gasteiger charge is 2.22. The van der Waals surface area contributed by atoms with E-state index in [9.17, 15) is 9.59 Å². The maximum atomic E-state index is 12.5. The molecule has 0 atom stereocenters. The van der Waals surface area contributed by atoms with E-state index in [1.54, 1.807) is 22.4 Å². The molecule has 0 saturated carbocycles. The Morgan fingerprint density at radius 3 is 2.67 bits per heavy atom. The second-order valence-corrected chi connectivity index (χ2v) is 6.65. The van der Waals surface area contributed by atoms with Gasteiger partial charge in [-0.2, -0.15) is 0 Å². The van der Waals surface area contributed by atoms with Crippen LogP contribution in [0.1, 0.15) is 27.4 Å². The van der Waals surface area contributed by atoms with E-state index in [0.717, 1.165) is 18.1 Å². The third-order valence-corrected chi connectivity index (χ3v) is 4.87. The van der Waals surface area contributed by atoms with Crippen molar-refractivity contribution in [3.8, 4) is 0 Å². The Hall–Kier alpha value is -2.19. The molecule has 0 spiro atoms. The van der Waals surface area contributed by atoms with Crippen LogP contribution >= 0.6 is 22.9 Å². The lowest BCUT2D eigenvalue weighted by atomic mass is 10.3. The van der Waals surface area contributed by atoms with Gasteiger partial charge in [-0.1, -0.05) is 11.6 Å². The number of amides is 2. The third kappa shape index (κ3) is 3.65. The van der Waals surface area contributed by atoms with Crippen LogP contribution in [0.5, 0.6) is 0 Å². The molecule has 1 aliphatic heterocycles. The highest BCUT2D eigenvalue weighted by molar-refractivity contribution is 7.13. The van der Waals surface area contributed by atoms with E-state index in [-0.39, 0.29) is 11.6 Å². The summed E-state index contributed by atoms with van der Waals surface area (Å²) in [5, 5.41) is 2.91. The molecule has 2 aromatic heterocycles. The zero-order valence-electron chi connectivity index (χ0n) is 12.8.